The maximum atomic E-state index is 6.00. The lowest BCUT2D eigenvalue weighted by Gasteiger charge is -2.18. The van der Waals surface area contributed by atoms with Crippen molar-refractivity contribution in [3.63, 3.8) is 0 Å². The van der Waals surface area contributed by atoms with Crippen LogP contribution < -0.4 is 5.32 Å². The summed E-state index contributed by atoms with van der Waals surface area (Å²) < 4.78 is 2.02. The molecule has 0 aliphatic rings. The van der Waals surface area contributed by atoms with Gasteiger partial charge in [-0.1, -0.05) is 46.6 Å². The summed E-state index contributed by atoms with van der Waals surface area (Å²) in [6.07, 6.45) is 0.973. The highest BCUT2D eigenvalue weighted by molar-refractivity contribution is 9.10. The van der Waals surface area contributed by atoms with Gasteiger partial charge in [0.05, 0.1) is 4.34 Å². The minimum Gasteiger partial charge on any atom is -0.310 e. The summed E-state index contributed by atoms with van der Waals surface area (Å²) in [5.74, 6) is 0. The van der Waals surface area contributed by atoms with Gasteiger partial charge in [0.25, 0.3) is 0 Å². The van der Waals surface area contributed by atoms with Crippen molar-refractivity contribution in [2.45, 2.75) is 26.3 Å². The molecule has 0 fully saturated rings. The quantitative estimate of drug-likeness (QED) is 0.758. The minimum absolute atomic E-state index is 0.330. The van der Waals surface area contributed by atoms with Crippen molar-refractivity contribution in [3.8, 4) is 0 Å². The zero-order valence-electron chi connectivity index (χ0n) is 11.0. The largest absolute Gasteiger partial charge is 0.310 e. The lowest BCUT2D eigenvalue weighted by molar-refractivity contribution is 0.553. The zero-order chi connectivity index (χ0) is 13.8. The summed E-state index contributed by atoms with van der Waals surface area (Å²) in [6, 6.07) is 11.0. The van der Waals surface area contributed by atoms with E-state index in [0.717, 1.165) is 21.8 Å². The molecule has 1 atom stereocenters. The molecule has 0 bridgehead atoms. The Morgan fingerprint density at radius 2 is 2.11 bits per heavy atom. The van der Waals surface area contributed by atoms with Gasteiger partial charge in [-0.25, -0.2) is 0 Å². The molecule has 0 amide bonds. The number of rotatable bonds is 5. The first-order valence-electron chi connectivity index (χ1n) is 6.33. The molecule has 102 valence electrons. The maximum Gasteiger partial charge on any atom is 0.0931 e. The summed E-state index contributed by atoms with van der Waals surface area (Å²) in [5, 5.41) is 3.55. The van der Waals surface area contributed by atoms with Gasteiger partial charge in [-0.3, -0.25) is 0 Å². The van der Waals surface area contributed by atoms with E-state index in [4.69, 9.17) is 11.6 Å². The first-order valence-corrected chi connectivity index (χ1v) is 8.32. The summed E-state index contributed by atoms with van der Waals surface area (Å²) in [4.78, 5) is 1.31. The van der Waals surface area contributed by atoms with Crippen LogP contribution in [0.25, 0.3) is 0 Å². The Labute approximate surface area is 132 Å². The SMILES string of the molecule is CCNC(Cc1ccc(Cl)s1)c1ccc(C)c(Br)c1. The van der Waals surface area contributed by atoms with Gasteiger partial charge in [0.15, 0.2) is 0 Å². The van der Waals surface area contributed by atoms with Crippen LogP contribution in [-0.4, -0.2) is 6.54 Å². The van der Waals surface area contributed by atoms with E-state index >= 15 is 0 Å². The second kappa shape index (κ2) is 6.89. The molecule has 1 aromatic heterocycles. The Morgan fingerprint density at radius 1 is 1.32 bits per heavy atom. The summed E-state index contributed by atoms with van der Waals surface area (Å²) in [7, 11) is 0. The number of hydrogen-bond acceptors (Lipinski definition) is 2. The van der Waals surface area contributed by atoms with Crippen LogP contribution in [-0.2, 0) is 6.42 Å². The Bertz CT molecular complexity index is 553. The third kappa shape index (κ3) is 4.06. The van der Waals surface area contributed by atoms with Gasteiger partial charge >= 0.3 is 0 Å². The second-order valence-corrected chi connectivity index (χ2v) is 7.18. The van der Waals surface area contributed by atoms with Gasteiger partial charge in [0.2, 0.25) is 0 Å². The molecule has 2 rings (SSSR count). The van der Waals surface area contributed by atoms with Crippen molar-refractivity contribution in [2.75, 3.05) is 6.54 Å². The predicted octanol–water partition coefficient (Wildman–Crippen LogP) is 5.37. The third-order valence-corrected chi connectivity index (χ3v) is 5.19. The Morgan fingerprint density at radius 3 is 2.68 bits per heavy atom. The van der Waals surface area contributed by atoms with Crippen molar-refractivity contribution in [1.82, 2.24) is 5.32 Å². The van der Waals surface area contributed by atoms with Gasteiger partial charge in [-0.15, -0.1) is 11.3 Å². The fraction of sp³-hybridized carbons (Fsp3) is 0.333. The number of aryl methyl sites for hydroxylation is 1. The van der Waals surface area contributed by atoms with Crippen LogP contribution in [0.2, 0.25) is 4.34 Å². The fourth-order valence-electron chi connectivity index (χ4n) is 2.04. The topological polar surface area (TPSA) is 12.0 Å². The molecule has 2 aromatic rings. The molecule has 0 saturated heterocycles. The summed E-state index contributed by atoms with van der Waals surface area (Å²) in [6.45, 7) is 5.20. The summed E-state index contributed by atoms with van der Waals surface area (Å²) in [5.41, 5.74) is 2.57. The minimum atomic E-state index is 0.330. The van der Waals surface area contributed by atoms with Gasteiger partial charge in [-0.05, 0) is 42.8 Å². The standard InChI is InChI=1S/C15H17BrClNS/c1-3-18-14(9-12-6-7-15(17)19-12)11-5-4-10(2)13(16)8-11/h4-8,14,18H,3,9H2,1-2H3. The van der Waals surface area contributed by atoms with Crippen LogP contribution in [0, 0.1) is 6.92 Å². The number of halogens is 2. The van der Waals surface area contributed by atoms with Crippen LogP contribution in [0.4, 0.5) is 0 Å². The summed E-state index contributed by atoms with van der Waals surface area (Å²) >= 11 is 11.3. The van der Waals surface area contributed by atoms with Crippen molar-refractivity contribution >= 4 is 38.9 Å². The monoisotopic (exact) mass is 357 g/mol. The van der Waals surface area contributed by atoms with Gasteiger partial charge in [0, 0.05) is 21.8 Å². The van der Waals surface area contributed by atoms with Gasteiger partial charge in [-0.2, -0.15) is 0 Å². The molecule has 1 unspecified atom stereocenters. The molecule has 1 heterocycles. The predicted molar refractivity (Wildman–Crippen MR) is 88.3 cm³/mol. The molecular formula is C15H17BrClNS. The number of thiophene rings is 1. The highest BCUT2D eigenvalue weighted by atomic mass is 79.9. The molecule has 0 saturated carbocycles. The Hall–Kier alpha value is -0.350. The second-order valence-electron chi connectivity index (χ2n) is 4.53. The molecule has 4 heteroatoms. The van der Waals surface area contributed by atoms with E-state index in [2.05, 4.69) is 59.4 Å². The molecule has 1 nitrogen and oxygen atoms in total. The van der Waals surface area contributed by atoms with Crippen LogP contribution in [0.5, 0.6) is 0 Å². The van der Waals surface area contributed by atoms with E-state index in [9.17, 15) is 0 Å². The van der Waals surface area contributed by atoms with E-state index in [1.807, 2.05) is 6.07 Å². The van der Waals surface area contributed by atoms with E-state index in [0.29, 0.717) is 6.04 Å². The maximum absolute atomic E-state index is 6.00. The van der Waals surface area contributed by atoms with Crippen LogP contribution in [0.15, 0.2) is 34.8 Å². The van der Waals surface area contributed by atoms with Crippen LogP contribution >= 0.6 is 38.9 Å². The Kier molecular flexibility index (Phi) is 5.46. The first-order chi connectivity index (χ1) is 9.10. The Balaban J connectivity index is 2.21. The molecule has 0 spiro atoms. The highest BCUT2D eigenvalue weighted by Gasteiger charge is 2.13. The van der Waals surface area contributed by atoms with Crippen molar-refractivity contribution in [2.24, 2.45) is 0 Å². The molecule has 1 N–H and O–H groups in total. The van der Waals surface area contributed by atoms with Gasteiger partial charge < -0.3 is 5.32 Å². The molecule has 0 aliphatic carbocycles. The number of hydrogen-bond donors (Lipinski definition) is 1. The van der Waals surface area contributed by atoms with E-state index in [-0.39, 0.29) is 0 Å². The number of benzene rings is 1. The lowest BCUT2D eigenvalue weighted by atomic mass is 10.0. The fourth-order valence-corrected chi connectivity index (χ4v) is 3.57. The highest BCUT2D eigenvalue weighted by Crippen LogP contribution is 2.28. The molecule has 0 radical (unpaired) electrons. The molecule has 19 heavy (non-hydrogen) atoms. The average molecular weight is 359 g/mol. The molecule has 0 aliphatic heterocycles. The molecular weight excluding hydrogens is 342 g/mol. The smallest absolute Gasteiger partial charge is 0.0931 e. The van der Waals surface area contributed by atoms with Gasteiger partial charge in [0.1, 0.15) is 0 Å². The van der Waals surface area contributed by atoms with Crippen LogP contribution in [0.1, 0.15) is 29.0 Å². The first kappa shape index (κ1) is 15.0. The third-order valence-electron chi connectivity index (χ3n) is 3.08. The molecule has 1 aromatic carbocycles. The number of likely N-dealkylation sites (N-methyl/N-ethyl adjacent to an activating group) is 1. The average Bonchev–Trinajstić information content (AvgIpc) is 2.78. The van der Waals surface area contributed by atoms with E-state index < -0.39 is 0 Å². The van der Waals surface area contributed by atoms with Crippen molar-refractivity contribution in [1.29, 1.82) is 0 Å². The normalized spacial score (nSPS) is 12.6. The van der Waals surface area contributed by atoms with Crippen LogP contribution in [0.3, 0.4) is 0 Å². The van der Waals surface area contributed by atoms with E-state index in [1.165, 1.54) is 16.0 Å². The number of nitrogens with one attached hydrogen (secondary N) is 1. The van der Waals surface area contributed by atoms with Crippen molar-refractivity contribution < 1.29 is 0 Å². The van der Waals surface area contributed by atoms with Crippen molar-refractivity contribution in [3.05, 3.63) is 55.1 Å². The lowest BCUT2D eigenvalue weighted by Crippen LogP contribution is -2.22. The van der Waals surface area contributed by atoms with E-state index in [1.54, 1.807) is 11.3 Å². The zero-order valence-corrected chi connectivity index (χ0v) is 14.2.